The van der Waals surface area contributed by atoms with Crippen molar-refractivity contribution in [3.63, 3.8) is 0 Å². The smallest absolute Gasteiger partial charge is 0.0726 e. The van der Waals surface area contributed by atoms with E-state index in [1.165, 1.54) is 77.9 Å². The van der Waals surface area contributed by atoms with Gasteiger partial charge in [0.15, 0.2) is 0 Å². The van der Waals surface area contributed by atoms with Crippen molar-refractivity contribution < 1.29 is 0 Å². The molecule has 0 aromatic heterocycles. The molecule has 0 fully saturated rings. The van der Waals surface area contributed by atoms with Crippen LogP contribution in [0.1, 0.15) is 47.2 Å². The van der Waals surface area contributed by atoms with Crippen LogP contribution in [0.25, 0.3) is 44.5 Å². The predicted molar refractivity (Wildman–Crippen MR) is 220 cm³/mol. The van der Waals surface area contributed by atoms with Crippen LogP contribution in [0.15, 0.2) is 188 Å². The van der Waals surface area contributed by atoms with Crippen molar-refractivity contribution in [2.45, 2.75) is 24.7 Å². The van der Waals surface area contributed by atoms with Crippen LogP contribution in [0, 0.1) is 0 Å². The molecule has 0 N–H and O–H groups in total. The molecule has 0 saturated carbocycles. The van der Waals surface area contributed by atoms with E-state index >= 15 is 0 Å². The first kappa shape index (κ1) is 30.2. The molecule has 11 rings (SSSR count). The molecule has 8 aromatic carbocycles. The molecule has 0 aliphatic heterocycles. The highest BCUT2D eigenvalue weighted by atomic mass is 15.1. The lowest BCUT2D eigenvalue weighted by Gasteiger charge is -2.32. The molecular formula is C52H37N. The van der Waals surface area contributed by atoms with Gasteiger partial charge in [-0.05, 0) is 120 Å². The van der Waals surface area contributed by atoms with E-state index < -0.39 is 5.41 Å². The molecule has 8 aromatic rings. The molecule has 0 atom stereocenters. The second kappa shape index (κ2) is 11.0. The molecule has 0 saturated heterocycles. The van der Waals surface area contributed by atoms with Crippen LogP contribution in [0.2, 0.25) is 0 Å². The van der Waals surface area contributed by atoms with E-state index in [2.05, 4.69) is 207 Å². The van der Waals surface area contributed by atoms with E-state index in [9.17, 15) is 0 Å². The Morgan fingerprint density at radius 1 is 0.302 bits per heavy atom. The van der Waals surface area contributed by atoms with Gasteiger partial charge < -0.3 is 4.90 Å². The van der Waals surface area contributed by atoms with Gasteiger partial charge in [0.1, 0.15) is 0 Å². The average Bonchev–Trinajstić information content (AvgIpc) is 3.77. The first-order valence-electron chi connectivity index (χ1n) is 18.7. The third-order valence-electron chi connectivity index (χ3n) is 12.3. The van der Waals surface area contributed by atoms with E-state index in [1.807, 2.05) is 0 Å². The summed E-state index contributed by atoms with van der Waals surface area (Å²) in [6, 6.07) is 70.1. The van der Waals surface area contributed by atoms with Crippen molar-refractivity contribution in [1.82, 2.24) is 0 Å². The van der Waals surface area contributed by atoms with E-state index in [1.54, 1.807) is 0 Å². The fourth-order valence-electron chi connectivity index (χ4n) is 9.95. The van der Waals surface area contributed by atoms with E-state index in [4.69, 9.17) is 0 Å². The predicted octanol–water partition coefficient (Wildman–Crippen LogP) is 13.5. The van der Waals surface area contributed by atoms with Crippen molar-refractivity contribution >= 4 is 17.1 Å². The number of nitrogens with zero attached hydrogens (tertiary/aromatic N) is 1. The molecule has 1 nitrogen and oxygen atoms in total. The molecule has 250 valence electrons. The summed E-state index contributed by atoms with van der Waals surface area (Å²) in [7, 11) is 0. The molecule has 0 unspecified atom stereocenters. The Labute approximate surface area is 311 Å². The average molecular weight is 676 g/mol. The number of hydrogen-bond donors (Lipinski definition) is 0. The minimum Gasteiger partial charge on any atom is -0.310 e. The zero-order valence-corrected chi connectivity index (χ0v) is 29.8. The summed E-state index contributed by atoms with van der Waals surface area (Å²) < 4.78 is 0. The van der Waals surface area contributed by atoms with Crippen molar-refractivity contribution in [1.29, 1.82) is 0 Å². The van der Waals surface area contributed by atoms with Crippen molar-refractivity contribution in [3.05, 3.63) is 221 Å². The van der Waals surface area contributed by atoms with Gasteiger partial charge in [-0.25, -0.2) is 0 Å². The second-order valence-electron chi connectivity index (χ2n) is 15.3. The standard InChI is InChI=1S/C52H37N/c1-51(2)45-23-10-6-19-39(45)43-29-27-35(32-49(43)51)34-15-14-18-37(31-34)53(36-16-4-3-5-17-36)38-28-30-44-42-22-9-13-26-48(42)52(50(44)33-38)46-24-11-7-20-40(46)41-21-8-12-25-47(41)52/h3-33H,1-2H3. The Kier molecular flexibility index (Phi) is 6.29. The summed E-state index contributed by atoms with van der Waals surface area (Å²) in [4.78, 5) is 2.43. The maximum atomic E-state index is 2.48. The minimum atomic E-state index is -0.395. The van der Waals surface area contributed by atoms with Crippen LogP contribution < -0.4 is 4.90 Å². The summed E-state index contributed by atoms with van der Waals surface area (Å²) in [6.45, 7) is 4.71. The molecular weight excluding hydrogens is 639 g/mol. The second-order valence-corrected chi connectivity index (χ2v) is 15.3. The van der Waals surface area contributed by atoms with Crippen molar-refractivity contribution in [2.24, 2.45) is 0 Å². The molecule has 0 amide bonds. The van der Waals surface area contributed by atoms with Gasteiger partial charge in [0.25, 0.3) is 0 Å². The highest BCUT2D eigenvalue weighted by molar-refractivity contribution is 5.96. The Morgan fingerprint density at radius 2 is 0.755 bits per heavy atom. The van der Waals surface area contributed by atoms with Gasteiger partial charge in [-0.3, -0.25) is 0 Å². The fraction of sp³-hybridized carbons (Fsp3) is 0.0769. The maximum Gasteiger partial charge on any atom is 0.0726 e. The van der Waals surface area contributed by atoms with Crippen LogP contribution in [-0.2, 0) is 10.8 Å². The lowest BCUT2D eigenvalue weighted by molar-refractivity contribution is 0.660. The van der Waals surface area contributed by atoms with Crippen molar-refractivity contribution in [2.75, 3.05) is 4.90 Å². The fourth-order valence-corrected chi connectivity index (χ4v) is 9.95. The summed E-state index contributed by atoms with van der Waals surface area (Å²) in [5.74, 6) is 0. The van der Waals surface area contributed by atoms with E-state index in [0.717, 1.165) is 17.1 Å². The van der Waals surface area contributed by atoms with Gasteiger partial charge >= 0.3 is 0 Å². The molecule has 0 bridgehead atoms. The molecule has 3 aliphatic rings. The van der Waals surface area contributed by atoms with Gasteiger partial charge in [-0.2, -0.15) is 0 Å². The summed E-state index contributed by atoms with van der Waals surface area (Å²) in [5.41, 5.74) is 21.6. The number of benzene rings is 8. The number of anilines is 3. The normalized spacial score (nSPS) is 14.5. The number of para-hydroxylation sites is 1. The first-order chi connectivity index (χ1) is 26.0. The Bertz CT molecular complexity index is 2710. The number of rotatable bonds is 4. The van der Waals surface area contributed by atoms with Crippen LogP contribution in [0.3, 0.4) is 0 Å². The van der Waals surface area contributed by atoms with Gasteiger partial charge in [-0.1, -0.05) is 159 Å². The Morgan fingerprint density at radius 3 is 1.40 bits per heavy atom. The lowest BCUT2D eigenvalue weighted by atomic mass is 9.70. The molecule has 1 heteroatoms. The van der Waals surface area contributed by atoms with Gasteiger partial charge in [0, 0.05) is 22.5 Å². The maximum absolute atomic E-state index is 2.48. The molecule has 1 spiro atoms. The van der Waals surface area contributed by atoms with Gasteiger partial charge in [0.2, 0.25) is 0 Å². The number of hydrogen-bond acceptors (Lipinski definition) is 1. The monoisotopic (exact) mass is 675 g/mol. The topological polar surface area (TPSA) is 3.24 Å². The summed E-state index contributed by atoms with van der Waals surface area (Å²) >= 11 is 0. The molecule has 0 radical (unpaired) electrons. The summed E-state index contributed by atoms with van der Waals surface area (Å²) in [5, 5.41) is 0. The molecule has 53 heavy (non-hydrogen) atoms. The zero-order chi connectivity index (χ0) is 35.3. The van der Waals surface area contributed by atoms with Crippen LogP contribution in [0.5, 0.6) is 0 Å². The third-order valence-corrected chi connectivity index (χ3v) is 12.3. The van der Waals surface area contributed by atoms with Crippen LogP contribution >= 0.6 is 0 Å². The minimum absolute atomic E-state index is 0.0505. The highest BCUT2D eigenvalue weighted by Gasteiger charge is 2.51. The first-order valence-corrected chi connectivity index (χ1v) is 18.7. The number of fused-ring (bicyclic) bond motifs is 13. The van der Waals surface area contributed by atoms with Gasteiger partial charge in [-0.15, -0.1) is 0 Å². The molecule has 3 aliphatic carbocycles. The lowest BCUT2D eigenvalue weighted by Crippen LogP contribution is -2.26. The Balaban J connectivity index is 1.10. The highest BCUT2D eigenvalue weighted by Crippen LogP contribution is 2.63. The van der Waals surface area contributed by atoms with Crippen LogP contribution in [0.4, 0.5) is 17.1 Å². The van der Waals surface area contributed by atoms with Gasteiger partial charge in [0.05, 0.1) is 5.41 Å². The van der Waals surface area contributed by atoms with Crippen LogP contribution in [-0.4, -0.2) is 0 Å². The summed E-state index contributed by atoms with van der Waals surface area (Å²) in [6.07, 6.45) is 0. The zero-order valence-electron chi connectivity index (χ0n) is 29.8. The quantitative estimate of drug-likeness (QED) is 0.179. The van der Waals surface area contributed by atoms with E-state index in [0.29, 0.717) is 0 Å². The SMILES string of the molecule is CC1(C)c2ccccc2-c2ccc(-c3cccc(N(c4ccccc4)c4ccc5c(c4)C4(c6ccccc6-c6ccccc64)c4ccccc4-5)c3)cc21. The Hall–Kier alpha value is -6.44. The third kappa shape index (κ3) is 4.08. The largest absolute Gasteiger partial charge is 0.310 e. The van der Waals surface area contributed by atoms with Crippen molar-refractivity contribution in [3.8, 4) is 44.5 Å². The van der Waals surface area contributed by atoms with E-state index in [-0.39, 0.29) is 5.41 Å². The molecule has 0 heterocycles.